The van der Waals surface area contributed by atoms with E-state index in [-0.39, 0.29) is 0 Å². The maximum Gasteiger partial charge on any atom is 0.395 e. The summed E-state index contributed by atoms with van der Waals surface area (Å²) in [6.45, 7) is 0. The van der Waals surface area contributed by atoms with E-state index < -0.39 is 11.9 Å². The molecule has 0 aromatic carbocycles. The van der Waals surface area contributed by atoms with Gasteiger partial charge in [-0.1, -0.05) is 0 Å². The number of hydrogen-bond acceptors (Lipinski definition) is 4. The fourth-order valence-electron chi connectivity index (χ4n) is 0.119. The lowest BCUT2D eigenvalue weighted by Gasteiger charge is -1.93. The van der Waals surface area contributed by atoms with Crippen LogP contribution < -0.4 is 16.8 Å². The van der Waals surface area contributed by atoms with Crippen molar-refractivity contribution in [2.75, 3.05) is 0 Å². The van der Waals surface area contributed by atoms with Crippen molar-refractivity contribution in [1.29, 1.82) is 0 Å². The number of carbonyl (C=O) groups excluding carboxylic acids is 1. The summed E-state index contributed by atoms with van der Waals surface area (Å²) in [6.07, 6.45) is 0. The summed E-state index contributed by atoms with van der Waals surface area (Å²) in [5.41, 5.74) is 3.30. The molecule has 6 heteroatoms. The Morgan fingerprint density at radius 3 is 2.12 bits per heavy atom. The Labute approximate surface area is 44.6 Å². The van der Waals surface area contributed by atoms with Crippen molar-refractivity contribution in [2.45, 2.75) is 0 Å². The molecule has 0 bridgehead atoms. The molecule has 0 atom stereocenters. The highest BCUT2D eigenvalue weighted by molar-refractivity contribution is 6.31. The van der Waals surface area contributed by atoms with Crippen molar-refractivity contribution in [3.63, 3.8) is 0 Å². The largest absolute Gasteiger partial charge is 0.474 e. The third-order valence-corrected chi connectivity index (χ3v) is 0.380. The smallest absolute Gasteiger partial charge is 0.395 e. The first-order valence-corrected chi connectivity index (χ1v) is 1.67. The third kappa shape index (κ3) is 2.11. The van der Waals surface area contributed by atoms with E-state index in [0.717, 1.165) is 0 Å². The topological polar surface area (TPSA) is 104 Å². The summed E-state index contributed by atoms with van der Waals surface area (Å²) in [6, 6.07) is 0. The van der Waals surface area contributed by atoms with Gasteiger partial charge in [0.2, 0.25) is 0 Å². The average Bonchev–Trinajstić information content (AvgIpc) is 1.67. The van der Waals surface area contributed by atoms with E-state index in [9.17, 15) is 9.59 Å². The summed E-state index contributed by atoms with van der Waals surface area (Å²) in [4.78, 5) is 19.5. The van der Waals surface area contributed by atoms with E-state index in [0.29, 0.717) is 0 Å². The Bertz CT molecular complexity index is 111. The van der Waals surface area contributed by atoms with Crippen LogP contribution in [-0.4, -0.2) is 17.0 Å². The zero-order chi connectivity index (χ0) is 6.57. The maximum absolute atomic E-state index is 9.89. The maximum atomic E-state index is 9.89. The molecule has 0 unspecified atom stereocenters. The first-order valence-electron chi connectivity index (χ1n) is 1.67. The SMILES string of the molecule is NNNC(=O)C(=O)O. The van der Waals surface area contributed by atoms with Gasteiger partial charge in [-0.2, -0.15) is 5.53 Å². The van der Waals surface area contributed by atoms with Gasteiger partial charge in [0.05, 0.1) is 0 Å². The van der Waals surface area contributed by atoms with Gasteiger partial charge in [0.1, 0.15) is 0 Å². The van der Waals surface area contributed by atoms with E-state index >= 15 is 0 Å². The van der Waals surface area contributed by atoms with E-state index in [1.54, 1.807) is 11.0 Å². The summed E-state index contributed by atoms with van der Waals surface area (Å²) in [5, 5.41) is 7.81. The molecule has 0 spiro atoms. The average molecular weight is 119 g/mol. The number of carbonyl (C=O) groups is 2. The zero-order valence-electron chi connectivity index (χ0n) is 3.84. The molecule has 0 saturated carbocycles. The van der Waals surface area contributed by atoms with Crippen molar-refractivity contribution in [1.82, 2.24) is 11.0 Å². The molecule has 0 aliphatic carbocycles. The number of carboxylic acids is 1. The molecule has 46 valence electrons. The molecule has 0 aromatic heterocycles. The van der Waals surface area contributed by atoms with Gasteiger partial charge < -0.3 is 5.11 Å². The molecular formula is C2H5N3O3. The van der Waals surface area contributed by atoms with Gasteiger partial charge in [0, 0.05) is 0 Å². The molecule has 6 nitrogen and oxygen atoms in total. The predicted molar refractivity (Wildman–Crippen MR) is 23.1 cm³/mol. The van der Waals surface area contributed by atoms with Gasteiger partial charge >= 0.3 is 11.9 Å². The second-order valence-electron chi connectivity index (χ2n) is 0.904. The second kappa shape index (κ2) is 2.94. The van der Waals surface area contributed by atoms with Crippen LogP contribution in [0.2, 0.25) is 0 Å². The number of nitrogens with two attached hydrogens (primary N) is 1. The van der Waals surface area contributed by atoms with Gasteiger partial charge in [0.25, 0.3) is 0 Å². The molecule has 8 heavy (non-hydrogen) atoms. The molecule has 0 aliphatic heterocycles. The summed E-state index contributed by atoms with van der Waals surface area (Å²) < 4.78 is 0. The Kier molecular flexibility index (Phi) is 2.52. The highest BCUT2D eigenvalue weighted by Gasteiger charge is 2.07. The monoisotopic (exact) mass is 119 g/mol. The molecule has 1 amide bonds. The fourth-order valence-corrected chi connectivity index (χ4v) is 0.119. The van der Waals surface area contributed by atoms with Crippen LogP contribution in [0.25, 0.3) is 0 Å². The zero-order valence-corrected chi connectivity index (χ0v) is 3.84. The summed E-state index contributed by atoms with van der Waals surface area (Å²) in [5.74, 6) is 1.75. The van der Waals surface area contributed by atoms with Crippen LogP contribution in [0.5, 0.6) is 0 Å². The van der Waals surface area contributed by atoms with Crippen molar-refractivity contribution < 1.29 is 14.7 Å². The van der Waals surface area contributed by atoms with Crippen molar-refractivity contribution >= 4 is 11.9 Å². The normalized spacial score (nSPS) is 8.12. The quantitative estimate of drug-likeness (QED) is 0.174. The Morgan fingerprint density at radius 2 is 2.00 bits per heavy atom. The van der Waals surface area contributed by atoms with Crippen LogP contribution in [0.1, 0.15) is 0 Å². The van der Waals surface area contributed by atoms with E-state index in [4.69, 9.17) is 5.11 Å². The molecular weight excluding hydrogens is 114 g/mol. The lowest BCUT2D eigenvalue weighted by atomic mass is 10.7. The highest BCUT2D eigenvalue weighted by Crippen LogP contribution is 1.57. The van der Waals surface area contributed by atoms with Crippen LogP contribution in [-0.2, 0) is 9.59 Å². The molecule has 0 aromatic rings. The number of carboxylic acid groups (broad SMARTS) is 1. The minimum atomic E-state index is -1.58. The van der Waals surface area contributed by atoms with Crippen LogP contribution in [0.15, 0.2) is 0 Å². The highest BCUT2D eigenvalue weighted by atomic mass is 16.4. The van der Waals surface area contributed by atoms with Gasteiger partial charge in [-0.3, -0.25) is 16.1 Å². The number of amides is 1. The first kappa shape index (κ1) is 6.86. The van der Waals surface area contributed by atoms with Gasteiger partial charge in [-0.25, -0.2) is 4.79 Å². The standard InChI is InChI=1S/C2H5N3O3/c3-5-4-1(6)2(7)8/h5H,3H2,(H,4,6)(H,7,8). The lowest BCUT2D eigenvalue weighted by molar-refractivity contribution is -0.150. The van der Waals surface area contributed by atoms with Gasteiger partial charge in [-0.05, 0) is 0 Å². The van der Waals surface area contributed by atoms with Gasteiger partial charge in [0.15, 0.2) is 0 Å². The minimum Gasteiger partial charge on any atom is -0.474 e. The lowest BCUT2D eigenvalue weighted by Crippen LogP contribution is -2.45. The van der Waals surface area contributed by atoms with Crippen LogP contribution in [0.4, 0.5) is 0 Å². The predicted octanol–water partition coefficient (Wildman–Crippen LogP) is -2.43. The Balaban J connectivity index is 3.49. The van der Waals surface area contributed by atoms with Crippen molar-refractivity contribution in [2.24, 2.45) is 5.84 Å². The number of hydrazine groups is 2. The molecule has 0 heterocycles. The van der Waals surface area contributed by atoms with E-state index in [1.807, 2.05) is 0 Å². The van der Waals surface area contributed by atoms with Gasteiger partial charge in [-0.15, -0.1) is 0 Å². The molecule has 0 fully saturated rings. The molecule has 0 rings (SSSR count). The number of rotatable bonds is 1. The minimum absolute atomic E-state index is 1.19. The number of hydrogen-bond donors (Lipinski definition) is 4. The Hall–Kier alpha value is -1.14. The van der Waals surface area contributed by atoms with Crippen LogP contribution in [0.3, 0.4) is 0 Å². The number of aliphatic carboxylic acids is 1. The molecule has 5 N–H and O–H groups in total. The van der Waals surface area contributed by atoms with Crippen LogP contribution in [0, 0.1) is 0 Å². The molecule has 0 aliphatic rings. The first-order chi connectivity index (χ1) is 3.68. The fraction of sp³-hybridized carbons (Fsp3) is 0. The van der Waals surface area contributed by atoms with Crippen LogP contribution >= 0.6 is 0 Å². The summed E-state index contributed by atoms with van der Waals surface area (Å²) in [7, 11) is 0. The third-order valence-electron chi connectivity index (χ3n) is 0.380. The van der Waals surface area contributed by atoms with E-state index in [2.05, 4.69) is 5.84 Å². The molecule has 0 saturated heterocycles. The summed E-state index contributed by atoms with van der Waals surface area (Å²) >= 11 is 0. The Morgan fingerprint density at radius 1 is 1.50 bits per heavy atom. The van der Waals surface area contributed by atoms with Crippen molar-refractivity contribution in [3.8, 4) is 0 Å². The second-order valence-corrected chi connectivity index (χ2v) is 0.904. The molecule has 0 radical (unpaired) electrons. The number of nitrogens with one attached hydrogen (secondary N) is 2. The van der Waals surface area contributed by atoms with E-state index in [1.165, 1.54) is 0 Å². The van der Waals surface area contributed by atoms with Crippen molar-refractivity contribution in [3.05, 3.63) is 0 Å².